The highest BCUT2D eigenvalue weighted by atomic mass is 16.5. The van der Waals surface area contributed by atoms with Crippen LogP contribution in [0.1, 0.15) is 42.7 Å². The third-order valence-electron chi connectivity index (χ3n) is 6.74. The van der Waals surface area contributed by atoms with Crippen LogP contribution >= 0.6 is 0 Å². The van der Waals surface area contributed by atoms with Crippen LogP contribution in [0.3, 0.4) is 0 Å². The van der Waals surface area contributed by atoms with Crippen molar-refractivity contribution in [2.45, 2.75) is 43.2 Å². The van der Waals surface area contributed by atoms with E-state index in [4.69, 9.17) is 14.6 Å². The Morgan fingerprint density at radius 3 is 2.20 bits per heavy atom. The molecule has 1 unspecified atom stereocenters. The quantitative estimate of drug-likeness (QED) is 0.431. The highest BCUT2D eigenvalue weighted by Crippen LogP contribution is 2.44. The van der Waals surface area contributed by atoms with Gasteiger partial charge in [0.05, 0.1) is 12.1 Å². The second kappa shape index (κ2) is 10.9. The number of fused-ring (bicyclic) bond motifs is 3. The normalized spacial score (nSPS) is 17.1. The van der Waals surface area contributed by atoms with Crippen molar-refractivity contribution in [1.82, 2.24) is 10.6 Å². The van der Waals surface area contributed by atoms with Crippen molar-refractivity contribution in [2.75, 3.05) is 26.4 Å². The molecule has 1 aliphatic heterocycles. The molecule has 2 aromatic carbocycles. The lowest BCUT2D eigenvalue weighted by Crippen LogP contribution is -2.59. The maximum atomic E-state index is 13.0. The van der Waals surface area contributed by atoms with E-state index in [2.05, 4.69) is 10.6 Å². The predicted octanol–water partition coefficient (Wildman–Crippen LogP) is 2.42. The average molecular weight is 483 g/mol. The maximum Gasteiger partial charge on any atom is 0.407 e. The van der Waals surface area contributed by atoms with E-state index < -0.39 is 29.6 Å². The van der Waals surface area contributed by atoms with Crippen molar-refractivity contribution >= 4 is 18.0 Å². The summed E-state index contributed by atoms with van der Waals surface area (Å²) in [5.74, 6) is -1.78. The summed E-state index contributed by atoms with van der Waals surface area (Å²) in [6, 6.07) is 14.8. The van der Waals surface area contributed by atoms with Crippen LogP contribution in [-0.2, 0) is 19.1 Å². The zero-order chi connectivity index (χ0) is 24.8. The van der Waals surface area contributed by atoms with Gasteiger partial charge in [-0.15, -0.1) is 0 Å². The van der Waals surface area contributed by atoms with Crippen molar-refractivity contribution in [3.8, 4) is 11.1 Å². The summed E-state index contributed by atoms with van der Waals surface area (Å²) < 4.78 is 10.8. The fourth-order valence-corrected chi connectivity index (χ4v) is 4.75. The van der Waals surface area contributed by atoms with Gasteiger partial charge in [-0.05, 0) is 41.5 Å². The Hall–Kier alpha value is -3.43. The first-order chi connectivity index (χ1) is 16.9. The Labute approximate surface area is 203 Å². The monoisotopic (exact) mass is 482 g/mol. The van der Waals surface area contributed by atoms with E-state index >= 15 is 0 Å². The van der Waals surface area contributed by atoms with Gasteiger partial charge in [-0.3, -0.25) is 9.59 Å². The van der Waals surface area contributed by atoms with Gasteiger partial charge in [0.2, 0.25) is 5.91 Å². The summed E-state index contributed by atoms with van der Waals surface area (Å²) in [5, 5.41) is 24.3. The smallest absolute Gasteiger partial charge is 0.407 e. The van der Waals surface area contributed by atoms with Crippen molar-refractivity contribution in [3.05, 3.63) is 59.7 Å². The number of carboxylic acid groups (broad SMARTS) is 1. The van der Waals surface area contributed by atoms with E-state index in [1.807, 2.05) is 48.5 Å². The SMILES string of the molecule is O=C(O)CCC(NC(=O)OCC1c2ccccc2-c2ccccc21)C(=O)NC1(CO)CCOCC1. The van der Waals surface area contributed by atoms with Crippen molar-refractivity contribution in [3.63, 3.8) is 0 Å². The Morgan fingerprint density at radius 2 is 1.63 bits per heavy atom. The van der Waals surface area contributed by atoms with Gasteiger partial charge in [-0.25, -0.2) is 4.79 Å². The van der Waals surface area contributed by atoms with Gasteiger partial charge in [0, 0.05) is 25.6 Å². The zero-order valence-corrected chi connectivity index (χ0v) is 19.4. The van der Waals surface area contributed by atoms with Crippen molar-refractivity contribution < 1.29 is 34.1 Å². The molecule has 4 N–H and O–H groups in total. The minimum Gasteiger partial charge on any atom is -0.481 e. The number of alkyl carbamates (subject to hydrolysis) is 1. The largest absolute Gasteiger partial charge is 0.481 e. The van der Waals surface area contributed by atoms with Gasteiger partial charge >= 0.3 is 12.1 Å². The lowest BCUT2D eigenvalue weighted by Gasteiger charge is -2.37. The highest BCUT2D eigenvalue weighted by molar-refractivity contribution is 5.87. The summed E-state index contributed by atoms with van der Waals surface area (Å²) in [6.45, 7) is 0.574. The molecule has 1 saturated heterocycles. The van der Waals surface area contributed by atoms with E-state index in [1.54, 1.807) is 0 Å². The second-order valence-electron chi connectivity index (χ2n) is 8.99. The van der Waals surface area contributed by atoms with Gasteiger partial charge in [0.1, 0.15) is 12.6 Å². The lowest BCUT2D eigenvalue weighted by molar-refractivity contribution is -0.137. The molecular weight excluding hydrogens is 452 g/mol. The first kappa shape index (κ1) is 24.7. The van der Waals surface area contributed by atoms with E-state index in [1.165, 1.54) is 0 Å². The number of aliphatic carboxylic acids is 1. The number of rotatable bonds is 9. The molecule has 4 rings (SSSR count). The number of ether oxygens (including phenoxy) is 2. The Kier molecular flexibility index (Phi) is 7.67. The molecule has 1 aliphatic carbocycles. The van der Waals surface area contributed by atoms with Crippen LogP contribution in [0.5, 0.6) is 0 Å². The van der Waals surface area contributed by atoms with Crippen LogP contribution in [0.15, 0.2) is 48.5 Å². The Balaban J connectivity index is 1.42. The fourth-order valence-electron chi connectivity index (χ4n) is 4.75. The van der Waals surface area contributed by atoms with Crippen LogP contribution in [0.2, 0.25) is 0 Å². The molecule has 9 heteroatoms. The van der Waals surface area contributed by atoms with Crippen molar-refractivity contribution in [1.29, 1.82) is 0 Å². The van der Waals surface area contributed by atoms with Gasteiger partial charge in [-0.2, -0.15) is 0 Å². The standard InChI is InChI=1S/C26H30N2O7/c29-16-26(11-13-34-14-12-26)28-24(32)22(9-10-23(30)31)27-25(33)35-15-21-19-7-3-1-5-17(19)18-6-2-4-8-20(18)21/h1-8,21-22,29H,9-16H2,(H,27,33)(H,28,32)(H,30,31). The number of hydrogen-bond acceptors (Lipinski definition) is 6. The Bertz CT molecular complexity index is 1040. The maximum absolute atomic E-state index is 13.0. The molecule has 1 atom stereocenters. The average Bonchev–Trinajstić information content (AvgIpc) is 3.19. The molecule has 0 radical (unpaired) electrons. The summed E-state index contributed by atoms with van der Waals surface area (Å²) in [5.41, 5.74) is 3.46. The van der Waals surface area contributed by atoms with E-state index in [9.17, 15) is 19.5 Å². The fraction of sp³-hybridized carbons (Fsp3) is 0.423. The van der Waals surface area contributed by atoms with E-state index in [-0.39, 0.29) is 32.0 Å². The third kappa shape index (κ3) is 5.63. The second-order valence-corrected chi connectivity index (χ2v) is 8.99. The third-order valence-corrected chi connectivity index (χ3v) is 6.74. The molecule has 2 aromatic rings. The van der Waals surface area contributed by atoms with Crippen LogP contribution < -0.4 is 10.6 Å². The topological polar surface area (TPSA) is 134 Å². The molecule has 0 bridgehead atoms. The van der Waals surface area contributed by atoms with Gasteiger partial charge in [0.15, 0.2) is 0 Å². The summed E-state index contributed by atoms with van der Waals surface area (Å²) in [7, 11) is 0. The number of amides is 2. The van der Waals surface area contributed by atoms with Crippen molar-refractivity contribution in [2.24, 2.45) is 0 Å². The number of aliphatic hydroxyl groups excluding tert-OH is 1. The molecule has 9 nitrogen and oxygen atoms in total. The number of benzene rings is 2. The van der Waals surface area contributed by atoms with E-state index in [0.717, 1.165) is 22.3 Å². The summed E-state index contributed by atoms with van der Waals surface area (Å²) in [6.07, 6.45) is -0.375. The number of carbonyl (C=O) groups is 3. The Morgan fingerprint density at radius 1 is 1.03 bits per heavy atom. The summed E-state index contributed by atoms with van der Waals surface area (Å²) in [4.78, 5) is 36.8. The molecule has 0 spiro atoms. The van der Waals surface area contributed by atoms with Gasteiger partial charge < -0.3 is 30.3 Å². The first-order valence-corrected chi connectivity index (χ1v) is 11.8. The minimum atomic E-state index is -1.12. The lowest BCUT2D eigenvalue weighted by atomic mass is 9.90. The summed E-state index contributed by atoms with van der Waals surface area (Å²) >= 11 is 0. The molecule has 1 fully saturated rings. The van der Waals surface area contributed by atoms with Crippen LogP contribution in [0.25, 0.3) is 11.1 Å². The molecule has 2 amide bonds. The number of aliphatic hydroxyl groups is 1. The highest BCUT2D eigenvalue weighted by Gasteiger charge is 2.36. The van der Waals surface area contributed by atoms with Crippen LogP contribution in [0.4, 0.5) is 4.79 Å². The first-order valence-electron chi connectivity index (χ1n) is 11.8. The molecular formula is C26H30N2O7. The number of carbonyl (C=O) groups excluding carboxylic acids is 2. The number of carboxylic acids is 1. The molecule has 0 saturated carbocycles. The number of nitrogens with one attached hydrogen (secondary N) is 2. The zero-order valence-electron chi connectivity index (χ0n) is 19.4. The molecule has 1 heterocycles. The predicted molar refractivity (Wildman–Crippen MR) is 127 cm³/mol. The minimum absolute atomic E-state index is 0.0745. The molecule has 0 aromatic heterocycles. The molecule has 2 aliphatic rings. The van der Waals surface area contributed by atoms with E-state index in [0.29, 0.717) is 26.1 Å². The van der Waals surface area contributed by atoms with Gasteiger partial charge in [-0.1, -0.05) is 48.5 Å². The molecule has 35 heavy (non-hydrogen) atoms. The van der Waals surface area contributed by atoms with Gasteiger partial charge in [0.25, 0.3) is 0 Å². The van der Waals surface area contributed by atoms with Crippen LogP contribution in [0, 0.1) is 0 Å². The van der Waals surface area contributed by atoms with Crippen LogP contribution in [-0.4, -0.2) is 66.2 Å². The molecule has 186 valence electrons. The number of hydrogen-bond donors (Lipinski definition) is 4.